The van der Waals surface area contributed by atoms with Gasteiger partial charge in [0.2, 0.25) is 0 Å². The van der Waals surface area contributed by atoms with Crippen LogP contribution in [0.1, 0.15) is 5.56 Å². The van der Waals surface area contributed by atoms with Crippen molar-refractivity contribution in [3.8, 4) is 0 Å². The lowest BCUT2D eigenvalue weighted by atomic mass is 10.2. The predicted molar refractivity (Wildman–Crippen MR) is 63.4 cm³/mol. The normalized spacial score (nSPS) is 11.5. The van der Waals surface area contributed by atoms with Crippen molar-refractivity contribution < 1.29 is 13.2 Å². The molecule has 0 aliphatic carbocycles. The molecule has 1 aromatic carbocycles. The van der Waals surface area contributed by atoms with E-state index in [9.17, 15) is 13.2 Å². The Hall–Kier alpha value is -0.450. The first-order chi connectivity index (χ1) is 8.02. The molecule has 0 amide bonds. The highest BCUT2D eigenvalue weighted by atomic mass is 35.5. The number of hydrogen-bond donors (Lipinski definition) is 0. The van der Waals surface area contributed by atoms with E-state index in [0.717, 1.165) is 6.07 Å². The third kappa shape index (κ3) is 5.15. The van der Waals surface area contributed by atoms with Gasteiger partial charge >= 0.3 is 0 Å². The lowest BCUT2D eigenvalue weighted by molar-refractivity contribution is 0.0878. The minimum atomic E-state index is -2.43. The first-order valence-electron chi connectivity index (χ1n) is 5.03. The SMILES string of the molecule is Fc1ccc(CN(CCCl)CC(F)F)c(Cl)c1. The summed E-state index contributed by atoms with van der Waals surface area (Å²) >= 11 is 11.4. The second-order valence-electron chi connectivity index (χ2n) is 3.55. The molecule has 6 heteroatoms. The molecule has 17 heavy (non-hydrogen) atoms. The molecule has 0 aromatic heterocycles. The van der Waals surface area contributed by atoms with Gasteiger partial charge in [-0.15, -0.1) is 11.6 Å². The second kappa shape index (κ2) is 7.09. The van der Waals surface area contributed by atoms with Crippen molar-refractivity contribution in [2.75, 3.05) is 19.0 Å². The number of alkyl halides is 3. The van der Waals surface area contributed by atoms with Gasteiger partial charge < -0.3 is 0 Å². The lowest BCUT2D eigenvalue weighted by Crippen LogP contribution is -2.30. The summed E-state index contributed by atoms with van der Waals surface area (Å²) in [6.07, 6.45) is -2.43. The van der Waals surface area contributed by atoms with Crippen LogP contribution in [0, 0.1) is 5.82 Å². The van der Waals surface area contributed by atoms with E-state index in [1.807, 2.05) is 0 Å². The third-order valence-corrected chi connectivity index (χ3v) is 2.73. The topological polar surface area (TPSA) is 3.24 Å². The van der Waals surface area contributed by atoms with E-state index in [1.54, 1.807) is 0 Å². The molecule has 0 N–H and O–H groups in total. The Bertz CT molecular complexity index is 361. The van der Waals surface area contributed by atoms with Crippen LogP contribution in [0.5, 0.6) is 0 Å². The maximum atomic E-state index is 12.8. The summed E-state index contributed by atoms with van der Waals surface area (Å²) in [6, 6.07) is 3.91. The minimum Gasteiger partial charge on any atom is -0.292 e. The molecule has 0 saturated carbocycles. The van der Waals surface area contributed by atoms with Crippen LogP contribution in [0.3, 0.4) is 0 Å². The zero-order valence-electron chi connectivity index (χ0n) is 8.97. The van der Waals surface area contributed by atoms with E-state index in [0.29, 0.717) is 12.1 Å². The highest BCUT2D eigenvalue weighted by Gasteiger charge is 2.13. The first-order valence-corrected chi connectivity index (χ1v) is 5.94. The molecule has 1 aromatic rings. The van der Waals surface area contributed by atoms with Gasteiger partial charge in [-0.1, -0.05) is 17.7 Å². The lowest BCUT2D eigenvalue weighted by Gasteiger charge is -2.21. The Morgan fingerprint density at radius 1 is 1.29 bits per heavy atom. The van der Waals surface area contributed by atoms with E-state index in [-0.39, 0.29) is 24.0 Å². The predicted octanol–water partition coefficient (Wildman–Crippen LogP) is 3.79. The average molecular weight is 286 g/mol. The quantitative estimate of drug-likeness (QED) is 0.719. The zero-order chi connectivity index (χ0) is 12.8. The molecule has 0 aliphatic heterocycles. The summed E-state index contributed by atoms with van der Waals surface area (Å²) in [5, 5.41) is 0.235. The van der Waals surface area contributed by atoms with Gasteiger partial charge in [-0.3, -0.25) is 4.90 Å². The van der Waals surface area contributed by atoms with Crippen molar-refractivity contribution in [1.82, 2.24) is 4.90 Å². The standard InChI is InChI=1S/C11H12Cl2F3N/c12-3-4-17(7-11(15)16)6-8-1-2-9(14)5-10(8)13/h1-2,5,11H,3-4,6-7H2. The van der Waals surface area contributed by atoms with Crippen LogP contribution in [0.25, 0.3) is 0 Å². The Morgan fingerprint density at radius 2 is 2.00 bits per heavy atom. The molecular formula is C11H12Cl2F3N. The second-order valence-corrected chi connectivity index (χ2v) is 4.34. The van der Waals surface area contributed by atoms with Crippen molar-refractivity contribution in [3.05, 3.63) is 34.6 Å². The van der Waals surface area contributed by atoms with E-state index < -0.39 is 12.2 Å². The van der Waals surface area contributed by atoms with Crippen LogP contribution in [0.15, 0.2) is 18.2 Å². The van der Waals surface area contributed by atoms with Crippen LogP contribution in [0.4, 0.5) is 13.2 Å². The Balaban J connectivity index is 2.71. The molecule has 0 saturated heterocycles. The van der Waals surface area contributed by atoms with E-state index in [2.05, 4.69) is 0 Å². The van der Waals surface area contributed by atoms with Crippen LogP contribution in [0.2, 0.25) is 5.02 Å². The van der Waals surface area contributed by atoms with Gasteiger partial charge in [0.25, 0.3) is 6.43 Å². The van der Waals surface area contributed by atoms with Gasteiger partial charge in [0, 0.05) is 24.0 Å². The van der Waals surface area contributed by atoms with Crippen LogP contribution in [-0.2, 0) is 6.54 Å². The van der Waals surface area contributed by atoms with Crippen molar-refractivity contribution in [2.45, 2.75) is 13.0 Å². The highest BCUT2D eigenvalue weighted by molar-refractivity contribution is 6.31. The maximum absolute atomic E-state index is 12.8. The molecule has 0 bridgehead atoms. The average Bonchev–Trinajstić information content (AvgIpc) is 2.21. The summed E-state index contributed by atoms with van der Waals surface area (Å²) in [4.78, 5) is 1.48. The number of hydrogen-bond acceptors (Lipinski definition) is 1. The molecular weight excluding hydrogens is 274 g/mol. The van der Waals surface area contributed by atoms with Gasteiger partial charge in [-0.05, 0) is 17.7 Å². The van der Waals surface area contributed by atoms with E-state index in [1.165, 1.54) is 17.0 Å². The van der Waals surface area contributed by atoms with Gasteiger partial charge in [0.15, 0.2) is 0 Å². The summed E-state index contributed by atoms with van der Waals surface area (Å²) in [6.45, 7) is 0.191. The smallest absolute Gasteiger partial charge is 0.251 e. The fourth-order valence-corrected chi connectivity index (χ4v) is 1.91. The van der Waals surface area contributed by atoms with Gasteiger partial charge in [-0.2, -0.15) is 0 Å². The molecule has 1 nitrogen and oxygen atoms in total. The molecule has 0 spiro atoms. The third-order valence-electron chi connectivity index (χ3n) is 2.21. The van der Waals surface area contributed by atoms with Gasteiger partial charge in [-0.25, -0.2) is 13.2 Å². The van der Waals surface area contributed by atoms with Crippen LogP contribution >= 0.6 is 23.2 Å². The van der Waals surface area contributed by atoms with Crippen LogP contribution in [-0.4, -0.2) is 30.3 Å². The minimum absolute atomic E-state index is 0.232. The molecule has 0 heterocycles. The number of rotatable bonds is 6. The Kier molecular flexibility index (Phi) is 6.09. The molecule has 96 valence electrons. The molecule has 0 aliphatic rings. The molecule has 1 rings (SSSR count). The molecule has 0 fully saturated rings. The monoisotopic (exact) mass is 285 g/mol. The molecule has 0 atom stereocenters. The van der Waals surface area contributed by atoms with Crippen molar-refractivity contribution in [1.29, 1.82) is 0 Å². The largest absolute Gasteiger partial charge is 0.292 e. The van der Waals surface area contributed by atoms with Gasteiger partial charge in [0.05, 0.1) is 6.54 Å². The number of benzene rings is 1. The fraction of sp³-hybridized carbons (Fsp3) is 0.455. The highest BCUT2D eigenvalue weighted by Crippen LogP contribution is 2.19. The van der Waals surface area contributed by atoms with Crippen molar-refractivity contribution in [3.63, 3.8) is 0 Å². The first kappa shape index (κ1) is 14.6. The Morgan fingerprint density at radius 3 is 2.53 bits per heavy atom. The van der Waals surface area contributed by atoms with E-state index >= 15 is 0 Å². The Labute approximate surface area is 108 Å². The fourth-order valence-electron chi connectivity index (χ4n) is 1.44. The summed E-state index contributed by atoms with van der Waals surface area (Å²) in [5.74, 6) is -0.192. The molecule has 0 unspecified atom stereocenters. The van der Waals surface area contributed by atoms with Crippen molar-refractivity contribution in [2.24, 2.45) is 0 Å². The number of halogens is 5. The molecule has 0 radical (unpaired) electrons. The van der Waals surface area contributed by atoms with Crippen molar-refractivity contribution >= 4 is 23.2 Å². The van der Waals surface area contributed by atoms with Crippen LogP contribution < -0.4 is 0 Å². The zero-order valence-corrected chi connectivity index (χ0v) is 10.5. The number of nitrogens with zero attached hydrogens (tertiary/aromatic N) is 1. The summed E-state index contributed by atoms with van der Waals surface area (Å²) in [5.41, 5.74) is 0.610. The summed E-state index contributed by atoms with van der Waals surface area (Å²) < 4.78 is 37.4. The summed E-state index contributed by atoms with van der Waals surface area (Å²) in [7, 11) is 0. The van der Waals surface area contributed by atoms with Gasteiger partial charge in [0.1, 0.15) is 5.82 Å². The maximum Gasteiger partial charge on any atom is 0.251 e. The van der Waals surface area contributed by atoms with E-state index in [4.69, 9.17) is 23.2 Å².